The van der Waals surface area contributed by atoms with Gasteiger partial charge in [0.15, 0.2) is 12.4 Å². The van der Waals surface area contributed by atoms with E-state index in [2.05, 4.69) is 15.8 Å². The number of aryl methyl sites for hydroxylation is 1. The van der Waals surface area contributed by atoms with E-state index in [1.807, 2.05) is 0 Å². The number of aromatic nitrogens is 1. The molecule has 0 saturated carbocycles. The van der Waals surface area contributed by atoms with E-state index in [9.17, 15) is 19.2 Å². The third kappa shape index (κ3) is 3.84. The summed E-state index contributed by atoms with van der Waals surface area (Å²) in [5.41, 5.74) is -1.07. The average Bonchev–Trinajstić information content (AvgIpc) is 2.93. The average molecular weight is 324 g/mol. The molecule has 0 unspecified atom stereocenters. The molecule has 10 nitrogen and oxygen atoms in total. The van der Waals surface area contributed by atoms with Gasteiger partial charge in [-0.2, -0.15) is 0 Å². The Kier molecular flexibility index (Phi) is 4.34. The zero-order chi connectivity index (χ0) is 17.2. The quantitative estimate of drug-likeness (QED) is 0.566. The van der Waals surface area contributed by atoms with Gasteiger partial charge in [0.05, 0.1) is 0 Å². The minimum absolute atomic E-state index is 0.194. The largest absolute Gasteiger partial charge is 0.454 e. The van der Waals surface area contributed by atoms with Gasteiger partial charge in [0.2, 0.25) is 0 Å². The number of anilines is 1. The van der Waals surface area contributed by atoms with E-state index in [0.29, 0.717) is 5.76 Å². The number of hydrogen-bond donors (Lipinski definition) is 2. The lowest BCUT2D eigenvalue weighted by molar-refractivity contribution is -0.150. The fourth-order valence-electron chi connectivity index (χ4n) is 1.89. The number of imide groups is 1. The normalized spacial score (nSPS) is 16.2. The molecule has 0 bridgehead atoms. The summed E-state index contributed by atoms with van der Waals surface area (Å²) in [4.78, 5) is 47.5. The summed E-state index contributed by atoms with van der Waals surface area (Å²) >= 11 is 0. The van der Waals surface area contributed by atoms with Crippen LogP contribution in [0.3, 0.4) is 0 Å². The number of amides is 4. The fourth-order valence-corrected chi connectivity index (χ4v) is 1.89. The Morgan fingerprint density at radius 2 is 2.13 bits per heavy atom. The minimum Gasteiger partial charge on any atom is -0.454 e. The summed E-state index contributed by atoms with van der Waals surface area (Å²) in [6, 6.07) is 0.814. The van der Waals surface area contributed by atoms with Crippen LogP contribution in [0.4, 0.5) is 10.6 Å². The van der Waals surface area contributed by atoms with Crippen molar-refractivity contribution < 1.29 is 28.4 Å². The predicted molar refractivity (Wildman–Crippen MR) is 75.2 cm³/mol. The van der Waals surface area contributed by atoms with E-state index >= 15 is 0 Å². The molecular formula is C13H16N4O6. The van der Waals surface area contributed by atoms with Gasteiger partial charge in [-0.1, -0.05) is 5.16 Å². The van der Waals surface area contributed by atoms with Crippen LogP contribution in [0.25, 0.3) is 0 Å². The molecule has 0 aromatic carbocycles. The standard InChI is InChI=1S/C13H16N4O6/c1-7-4-8(16-23-7)14-9(18)6-22-10(19)5-17-11(20)13(2,3)15-12(17)21/h4H,5-6H2,1-3H3,(H,15,21)(H,14,16,18). The second kappa shape index (κ2) is 6.07. The number of urea groups is 1. The highest BCUT2D eigenvalue weighted by atomic mass is 16.5. The van der Waals surface area contributed by atoms with Crippen LogP contribution in [-0.4, -0.2) is 52.6 Å². The molecule has 10 heteroatoms. The van der Waals surface area contributed by atoms with Crippen LogP contribution in [0.5, 0.6) is 0 Å². The first-order valence-corrected chi connectivity index (χ1v) is 6.72. The van der Waals surface area contributed by atoms with Crippen LogP contribution in [-0.2, 0) is 19.1 Å². The van der Waals surface area contributed by atoms with Crippen molar-refractivity contribution in [3.8, 4) is 0 Å². The van der Waals surface area contributed by atoms with Gasteiger partial charge < -0.3 is 19.9 Å². The van der Waals surface area contributed by atoms with Crippen molar-refractivity contribution in [2.45, 2.75) is 26.3 Å². The van der Waals surface area contributed by atoms with Crippen molar-refractivity contribution in [3.63, 3.8) is 0 Å². The zero-order valence-electron chi connectivity index (χ0n) is 12.8. The van der Waals surface area contributed by atoms with Gasteiger partial charge in [-0.05, 0) is 20.8 Å². The van der Waals surface area contributed by atoms with Crippen LogP contribution in [0.2, 0.25) is 0 Å². The summed E-state index contributed by atoms with van der Waals surface area (Å²) in [6.45, 7) is 3.56. The minimum atomic E-state index is -1.07. The molecule has 0 atom stereocenters. The third-order valence-electron chi connectivity index (χ3n) is 2.99. The summed E-state index contributed by atoms with van der Waals surface area (Å²) in [5.74, 6) is -1.33. The smallest absolute Gasteiger partial charge is 0.326 e. The lowest BCUT2D eigenvalue weighted by atomic mass is 10.1. The molecule has 1 saturated heterocycles. The number of nitrogens with one attached hydrogen (secondary N) is 2. The second-order valence-electron chi connectivity index (χ2n) is 5.48. The maximum Gasteiger partial charge on any atom is 0.326 e. The first-order chi connectivity index (χ1) is 10.7. The number of hydrogen-bond acceptors (Lipinski definition) is 7. The lowest BCUT2D eigenvalue weighted by Crippen LogP contribution is -2.41. The maximum atomic E-state index is 11.9. The molecule has 124 valence electrons. The highest BCUT2D eigenvalue weighted by molar-refractivity contribution is 6.08. The van der Waals surface area contributed by atoms with E-state index in [-0.39, 0.29) is 5.82 Å². The number of carbonyl (C=O) groups excluding carboxylic acids is 4. The Hall–Kier alpha value is -2.91. The number of rotatable bonds is 5. The number of carbonyl (C=O) groups is 4. The monoisotopic (exact) mass is 324 g/mol. The molecule has 0 aliphatic carbocycles. The molecule has 0 radical (unpaired) electrons. The van der Waals surface area contributed by atoms with Crippen LogP contribution in [0.1, 0.15) is 19.6 Å². The Morgan fingerprint density at radius 3 is 2.65 bits per heavy atom. The van der Waals surface area contributed by atoms with Crippen molar-refractivity contribution >= 4 is 29.6 Å². The summed E-state index contributed by atoms with van der Waals surface area (Å²) in [5, 5.41) is 8.34. The first-order valence-electron chi connectivity index (χ1n) is 6.72. The van der Waals surface area contributed by atoms with Gasteiger partial charge in [-0.15, -0.1) is 0 Å². The van der Waals surface area contributed by atoms with Crippen molar-refractivity contribution in [1.82, 2.24) is 15.4 Å². The molecule has 2 N–H and O–H groups in total. The third-order valence-corrected chi connectivity index (χ3v) is 2.99. The summed E-state index contributed by atoms with van der Waals surface area (Å²) < 4.78 is 9.49. The highest BCUT2D eigenvalue weighted by Crippen LogP contribution is 2.16. The molecule has 1 fully saturated rings. The van der Waals surface area contributed by atoms with Crippen LogP contribution < -0.4 is 10.6 Å². The molecule has 1 aliphatic heterocycles. The molecular weight excluding hydrogens is 308 g/mol. The van der Waals surface area contributed by atoms with Crippen LogP contribution in [0.15, 0.2) is 10.6 Å². The predicted octanol–water partition coefficient (Wildman–Crippen LogP) is -0.205. The Bertz CT molecular complexity index is 665. The van der Waals surface area contributed by atoms with Crippen molar-refractivity contribution in [2.24, 2.45) is 0 Å². The highest BCUT2D eigenvalue weighted by Gasteiger charge is 2.45. The molecule has 1 aliphatic rings. The van der Waals surface area contributed by atoms with Gasteiger partial charge in [0.1, 0.15) is 17.8 Å². The number of esters is 1. The summed E-state index contributed by atoms with van der Waals surface area (Å²) in [6.07, 6.45) is 0. The SMILES string of the molecule is Cc1cc(NC(=O)COC(=O)CN2C(=O)NC(C)(C)C2=O)no1. The molecule has 0 spiro atoms. The Morgan fingerprint density at radius 1 is 1.43 bits per heavy atom. The molecule has 1 aromatic rings. The van der Waals surface area contributed by atoms with Crippen molar-refractivity contribution in [1.29, 1.82) is 0 Å². The number of nitrogens with zero attached hydrogens (tertiary/aromatic N) is 2. The second-order valence-corrected chi connectivity index (χ2v) is 5.48. The van der Waals surface area contributed by atoms with E-state index in [1.54, 1.807) is 6.92 Å². The van der Waals surface area contributed by atoms with Gasteiger partial charge in [-0.25, -0.2) is 4.79 Å². The Labute approximate surface area is 131 Å². The fraction of sp³-hybridized carbons (Fsp3) is 0.462. The Balaban J connectivity index is 1.80. The molecule has 2 heterocycles. The van der Waals surface area contributed by atoms with Gasteiger partial charge in [0.25, 0.3) is 11.8 Å². The first kappa shape index (κ1) is 16.5. The van der Waals surface area contributed by atoms with Crippen LogP contribution in [0, 0.1) is 6.92 Å². The summed E-state index contributed by atoms with van der Waals surface area (Å²) in [7, 11) is 0. The van der Waals surface area contributed by atoms with Crippen LogP contribution >= 0.6 is 0 Å². The van der Waals surface area contributed by atoms with Crippen molar-refractivity contribution in [2.75, 3.05) is 18.5 Å². The van der Waals surface area contributed by atoms with Gasteiger partial charge in [0, 0.05) is 6.07 Å². The van der Waals surface area contributed by atoms with E-state index < -0.39 is 42.5 Å². The zero-order valence-corrected chi connectivity index (χ0v) is 12.8. The lowest BCUT2D eigenvalue weighted by Gasteiger charge is -2.15. The number of ether oxygens (including phenoxy) is 1. The molecule has 23 heavy (non-hydrogen) atoms. The van der Waals surface area contributed by atoms with Gasteiger partial charge >= 0.3 is 12.0 Å². The van der Waals surface area contributed by atoms with E-state index in [4.69, 9.17) is 9.26 Å². The molecule has 4 amide bonds. The van der Waals surface area contributed by atoms with Gasteiger partial charge in [-0.3, -0.25) is 19.3 Å². The van der Waals surface area contributed by atoms with E-state index in [0.717, 1.165) is 4.90 Å². The molecule has 2 rings (SSSR count). The maximum absolute atomic E-state index is 11.9. The van der Waals surface area contributed by atoms with E-state index in [1.165, 1.54) is 19.9 Å². The molecule has 1 aromatic heterocycles. The topological polar surface area (TPSA) is 131 Å². The van der Waals surface area contributed by atoms with Crippen molar-refractivity contribution in [3.05, 3.63) is 11.8 Å².